The fourth-order valence-corrected chi connectivity index (χ4v) is 2.13. The van der Waals surface area contributed by atoms with Crippen LogP contribution in [0.4, 0.5) is 4.79 Å². The maximum absolute atomic E-state index is 11.4. The molecule has 0 fully saturated rings. The smallest absolute Gasteiger partial charge is 0.549 e. The van der Waals surface area contributed by atoms with Crippen molar-refractivity contribution in [3.63, 3.8) is 0 Å². The highest BCUT2D eigenvalue weighted by Crippen LogP contribution is 2.12. The van der Waals surface area contributed by atoms with Crippen LogP contribution in [-0.2, 0) is 4.74 Å². The molecular formula is C15H31NO4. The zero-order valence-corrected chi connectivity index (χ0v) is 13.1. The number of unbranched alkanes of at least 4 members (excludes halogenated alkanes) is 9. The molecule has 0 aliphatic rings. The number of hydroxylamine groups is 4. The Labute approximate surface area is 123 Å². The van der Waals surface area contributed by atoms with E-state index in [0.29, 0.717) is 6.42 Å². The summed E-state index contributed by atoms with van der Waals surface area (Å²) in [5, 5.41) is 20.8. The van der Waals surface area contributed by atoms with Crippen LogP contribution < -0.4 is 0 Å². The molecule has 1 atom stereocenters. The van der Waals surface area contributed by atoms with Crippen LogP contribution in [-0.4, -0.2) is 29.3 Å². The first-order valence-electron chi connectivity index (χ1n) is 8.03. The van der Waals surface area contributed by atoms with E-state index in [4.69, 9.17) is 0 Å². The SMILES string of the molecule is CCCCCCCCCCCC[N+]([O-])(O)C(=O)OCC. The highest BCUT2D eigenvalue weighted by atomic mass is 16.9. The van der Waals surface area contributed by atoms with Crippen LogP contribution in [0.15, 0.2) is 0 Å². The van der Waals surface area contributed by atoms with Crippen LogP contribution in [0.2, 0.25) is 0 Å². The molecule has 0 aliphatic heterocycles. The monoisotopic (exact) mass is 289 g/mol. The Bertz CT molecular complexity index is 244. The van der Waals surface area contributed by atoms with Gasteiger partial charge in [-0.2, -0.15) is 4.79 Å². The first kappa shape index (κ1) is 19.4. The van der Waals surface area contributed by atoms with Gasteiger partial charge >= 0.3 is 6.09 Å². The average Bonchev–Trinajstić information content (AvgIpc) is 2.41. The third-order valence-corrected chi connectivity index (χ3v) is 3.37. The van der Waals surface area contributed by atoms with E-state index < -0.39 is 10.9 Å². The topological polar surface area (TPSA) is 69.6 Å². The van der Waals surface area contributed by atoms with Gasteiger partial charge in [0, 0.05) is 6.42 Å². The lowest BCUT2D eigenvalue weighted by molar-refractivity contribution is -1.00. The van der Waals surface area contributed by atoms with Crippen molar-refractivity contribution in [2.75, 3.05) is 13.2 Å². The summed E-state index contributed by atoms with van der Waals surface area (Å²) >= 11 is 0. The quantitative estimate of drug-likeness (QED) is 0.243. The number of carbonyl (C=O) groups excluding carboxylic acids is 1. The maximum atomic E-state index is 11.4. The first-order valence-corrected chi connectivity index (χ1v) is 8.03. The predicted octanol–water partition coefficient (Wildman–Crippen LogP) is 4.77. The zero-order chi connectivity index (χ0) is 15.3. The van der Waals surface area contributed by atoms with Gasteiger partial charge in [0.2, 0.25) is 0 Å². The highest BCUT2D eigenvalue weighted by Gasteiger charge is 2.27. The molecule has 20 heavy (non-hydrogen) atoms. The fraction of sp³-hybridized carbons (Fsp3) is 0.933. The second kappa shape index (κ2) is 12.1. The van der Waals surface area contributed by atoms with Gasteiger partial charge in [-0.15, -0.1) is 4.81 Å². The number of rotatable bonds is 12. The van der Waals surface area contributed by atoms with Gasteiger partial charge in [-0.25, -0.2) is 5.21 Å². The van der Waals surface area contributed by atoms with Crippen LogP contribution in [0.5, 0.6) is 0 Å². The third-order valence-electron chi connectivity index (χ3n) is 3.37. The summed E-state index contributed by atoms with van der Waals surface area (Å²) in [4.78, 5) is 9.25. The summed E-state index contributed by atoms with van der Waals surface area (Å²) in [6.07, 6.45) is 10.3. The normalized spacial score (nSPS) is 14.0. The van der Waals surface area contributed by atoms with E-state index in [0.717, 1.165) is 19.3 Å². The van der Waals surface area contributed by atoms with Crippen LogP contribution in [0.25, 0.3) is 0 Å². The summed E-state index contributed by atoms with van der Waals surface area (Å²) in [5.41, 5.74) is 0. The minimum absolute atomic E-state index is 0.111. The molecule has 0 bridgehead atoms. The number of amides is 1. The molecule has 0 aliphatic carbocycles. The average molecular weight is 289 g/mol. The van der Waals surface area contributed by atoms with Gasteiger partial charge < -0.3 is 9.94 Å². The Balaban J connectivity index is 3.41. The third kappa shape index (κ3) is 10.2. The second-order valence-corrected chi connectivity index (χ2v) is 5.31. The number of hydrogen-bond donors (Lipinski definition) is 1. The molecule has 0 spiro atoms. The molecule has 1 unspecified atom stereocenters. The summed E-state index contributed by atoms with van der Waals surface area (Å²) in [6.45, 7) is 3.82. The van der Waals surface area contributed by atoms with Crippen molar-refractivity contribution >= 4 is 6.09 Å². The summed E-state index contributed by atoms with van der Waals surface area (Å²) in [7, 11) is 0. The molecule has 1 N–H and O–H groups in total. The minimum atomic E-state index is -1.90. The van der Waals surface area contributed by atoms with Crippen molar-refractivity contribution in [1.29, 1.82) is 0 Å². The zero-order valence-electron chi connectivity index (χ0n) is 13.1. The second-order valence-electron chi connectivity index (χ2n) is 5.31. The van der Waals surface area contributed by atoms with E-state index >= 15 is 0 Å². The largest absolute Gasteiger partial charge is 0.588 e. The molecular weight excluding hydrogens is 258 g/mol. The predicted molar refractivity (Wildman–Crippen MR) is 79.1 cm³/mol. The van der Waals surface area contributed by atoms with E-state index in [2.05, 4.69) is 11.7 Å². The molecule has 120 valence electrons. The standard InChI is InChI=1S/C15H31NO4/c1-3-5-6-7-8-9-10-11-12-13-14-16(18,19)15(17)20-4-2/h18H,3-14H2,1-2H3. The Morgan fingerprint density at radius 2 is 1.40 bits per heavy atom. The number of hydrogen-bond acceptors (Lipinski definition) is 4. The molecule has 0 aromatic heterocycles. The molecule has 0 radical (unpaired) electrons. The van der Waals surface area contributed by atoms with Crippen molar-refractivity contribution in [2.45, 2.75) is 78.1 Å². The molecule has 0 saturated heterocycles. The van der Waals surface area contributed by atoms with Crippen LogP contribution in [0.3, 0.4) is 0 Å². The van der Waals surface area contributed by atoms with E-state index in [1.54, 1.807) is 6.92 Å². The molecule has 1 amide bonds. The van der Waals surface area contributed by atoms with Gasteiger partial charge in [-0.3, -0.25) is 0 Å². The van der Waals surface area contributed by atoms with Crippen molar-refractivity contribution < 1.29 is 19.5 Å². The summed E-state index contributed by atoms with van der Waals surface area (Å²) in [5.74, 6) is 0. The van der Waals surface area contributed by atoms with E-state index in [1.807, 2.05) is 0 Å². The Kier molecular flexibility index (Phi) is 11.7. The van der Waals surface area contributed by atoms with Crippen molar-refractivity contribution in [1.82, 2.24) is 0 Å². The van der Waals surface area contributed by atoms with Gasteiger partial charge in [0.05, 0.1) is 6.61 Å². The molecule has 5 heteroatoms. The van der Waals surface area contributed by atoms with Gasteiger partial charge in [0.15, 0.2) is 0 Å². The van der Waals surface area contributed by atoms with Crippen LogP contribution >= 0.6 is 0 Å². The van der Waals surface area contributed by atoms with E-state index in [1.165, 1.54) is 38.5 Å². The highest BCUT2D eigenvalue weighted by molar-refractivity contribution is 5.58. The summed E-state index contributed by atoms with van der Waals surface area (Å²) in [6, 6.07) is 0. The molecule has 0 saturated carbocycles. The van der Waals surface area contributed by atoms with Gasteiger partial charge in [-0.05, 0) is 13.3 Å². The number of quaternary nitrogens is 1. The van der Waals surface area contributed by atoms with Gasteiger partial charge in [0.25, 0.3) is 0 Å². The van der Waals surface area contributed by atoms with E-state index in [9.17, 15) is 15.2 Å². The molecule has 5 nitrogen and oxygen atoms in total. The summed E-state index contributed by atoms with van der Waals surface area (Å²) < 4.78 is 4.52. The molecule has 0 aromatic carbocycles. The Hall–Kier alpha value is -0.650. The fourth-order valence-electron chi connectivity index (χ4n) is 2.13. The van der Waals surface area contributed by atoms with Crippen molar-refractivity contribution in [3.05, 3.63) is 5.21 Å². The number of carbonyl (C=O) groups is 1. The van der Waals surface area contributed by atoms with Crippen LogP contribution in [0.1, 0.15) is 78.1 Å². The lowest BCUT2D eigenvalue weighted by atomic mass is 10.1. The number of ether oxygens (including phenoxy) is 1. The lowest BCUT2D eigenvalue weighted by Crippen LogP contribution is -2.45. The van der Waals surface area contributed by atoms with E-state index in [-0.39, 0.29) is 13.2 Å². The first-order chi connectivity index (χ1) is 9.54. The van der Waals surface area contributed by atoms with Gasteiger partial charge in [0.1, 0.15) is 6.54 Å². The Morgan fingerprint density at radius 1 is 0.950 bits per heavy atom. The molecule has 0 aromatic rings. The van der Waals surface area contributed by atoms with Crippen LogP contribution in [0, 0.1) is 5.21 Å². The number of nitrogens with zero attached hydrogens (tertiary/aromatic N) is 1. The van der Waals surface area contributed by atoms with Crippen molar-refractivity contribution in [3.8, 4) is 0 Å². The Morgan fingerprint density at radius 3 is 1.85 bits per heavy atom. The minimum Gasteiger partial charge on any atom is -0.588 e. The molecule has 0 heterocycles. The maximum Gasteiger partial charge on any atom is 0.549 e. The molecule has 0 rings (SSSR count). The van der Waals surface area contributed by atoms with Crippen molar-refractivity contribution in [2.24, 2.45) is 0 Å². The lowest BCUT2D eigenvalue weighted by Gasteiger charge is -2.28. The van der Waals surface area contributed by atoms with Gasteiger partial charge in [-0.1, -0.05) is 58.3 Å².